The van der Waals surface area contributed by atoms with Gasteiger partial charge in [0, 0.05) is 13.0 Å². The molecule has 2 heterocycles. The molecule has 0 aliphatic heterocycles. The Kier molecular flexibility index (Phi) is 3.68. The van der Waals surface area contributed by atoms with Gasteiger partial charge in [0.1, 0.15) is 0 Å². The fourth-order valence-electron chi connectivity index (χ4n) is 1.11. The second-order valence-corrected chi connectivity index (χ2v) is 5.41. The highest BCUT2D eigenvalue weighted by molar-refractivity contribution is 9.11. The lowest BCUT2D eigenvalue weighted by Crippen LogP contribution is -2.24. The number of amides is 1. The van der Waals surface area contributed by atoms with E-state index in [-0.39, 0.29) is 5.91 Å². The summed E-state index contributed by atoms with van der Waals surface area (Å²) in [6.07, 6.45) is 1.88. The highest BCUT2D eigenvalue weighted by Crippen LogP contribution is 2.21. The van der Waals surface area contributed by atoms with E-state index < -0.39 is 0 Å². The van der Waals surface area contributed by atoms with Gasteiger partial charge in [0.15, 0.2) is 6.33 Å². The quantitative estimate of drug-likeness (QED) is 0.936. The summed E-state index contributed by atoms with van der Waals surface area (Å²) in [4.78, 5) is 16.1. The second-order valence-electron chi connectivity index (χ2n) is 2.94. The van der Waals surface area contributed by atoms with Crippen LogP contribution in [0, 0.1) is 0 Å². The first kappa shape index (κ1) is 11.3. The van der Waals surface area contributed by atoms with Crippen LogP contribution in [0.1, 0.15) is 15.6 Å². The predicted octanol–water partition coefficient (Wildman–Crippen LogP) is 1.87. The fraction of sp³-hybridized carbons (Fsp3) is 0.222. The van der Waals surface area contributed by atoms with Crippen molar-refractivity contribution in [3.63, 3.8) is 0 Å². The summed E-state index contributed by atoms with van der Waals surface area (Å²) in [5.74, 6) is 0.433. The molecule has 0 aliphatic carbocycles. The highest BCUT2D eigenvalue weighted by Gasteiger charge is 2.08. The maximum Gasteiger partial charge on any atom is 0.261 e. The second kappa shape index (κ2) is 5.22. The van der Waals surface area contributed by atoms with E-state index in [1.54, 1.807) is 6.07 Å². The van der Waals surface area contributed by atoms with Crippen molar-refractivity contribution in [3.8, 4) is 0 Å². The molecule has 7 heteroatoms. The van der Waals surface area contributed by atoms with Gasteiger partial charge in [-0.25, -0.2) is 0 Å². The maximum atomic E-state index is 11.6. The Hall–Kier alpha value is -1.21. The van der Waals surface area contributed by atoms with Crippen molar-refractivity contribution in [3.05, 3.63) is 33.0 Å². The van der Waals surface area contributed by atoms with E-state index in [1.165, 1.54) is 17.7 Å². The van der Waals surface area contributed by atoms with Crippen molar-refractivity contribution in [1.29, 1.82) is 0 Å². The van der Waals surface area contributed by atoms with Gasteiger partial charge in [-0.2, -0.15) is 4.98 Å². The summed E-state index contributed by atoms with van der Waals surface area (Å²) in [6, 6.07) is 3.62. The molecule has 0 saturated heterocycles. The van der Waals surface area contributed by atoms with Crippen LogP contribution in [-0.2, 0) is 6.42 Å². The number of aromatic nitrogens is 2. The molecular weight excluding hydrogens is 294 g/mol. The van der Waals surface area contributed by atoms with Crippen LogP contribution in [0.2, 0.25) is 0 Å². The summed E-state index contributed by atoms with van der Waals surface area (Å²) in [6.45, 7) is 0.483. The van der Waals surface area contributed by atoms with E-state index in [0.717, 1.165) is 3.79 Å². The summed E-state index contributed by atoms with van der Waals surface area (Å²) < 4.78 is 5.75. The lowest BCUT2D eigenvalue weighted by molar-refractivity contribution is 0.0957. The minimum atomic E-state index is -0.0878. The molecule has 0 fully saturated rings. The van der Waals surface area contributed by atoms with E-state index in [9.17, 15) is 4.79 Å². The van der Waals surface area contributed by atoms with Crippen molar-refractivity contribution in [2.24, 2.45) is 0 Å². The van der Waals surface area contributed by atoms with Crippen molar-refractivity contribution in [1.82, 2.24) is 15.5 Å². The van der Waals surface area contributed by atoms with Crippen molar-refractivity contribution in [2.45, 2.75) is 6.42 Å². The molecule has 0 aliphatic rings. The van der Waals surface area contributed by atoms with Gasteiger partial charge in [0.2, 0.25) is 5.89 Å². The van der Waals surface area contributed by atoms with Gasteiger partial charge in [-0.05, 0) is 28.1 Å². The molecule has 0 atom stereocenters. The van der Waals surface area contributed by atoms with Gasteiger partial charge >= 0.3 is 0 Å². The molecule has 5 nitrogen and oxygen atoms in total. The first-order valence-electron chi connectivity index (χ1n) is 4.55. The number of carbonyl (C=O) groups is 1. The van der Waals surface area contributed by atoms with Gasteiger partial charge in [-0.15, -0.1) is 11.3 Å². The Morgan fingerprint density at radius 1 is 1.56 bits per heavy atom. The number of hydrogen-bond donors (Lipinski definition) is 1. The number of nitrogens with zero attached hydrogens (tertiary/aromatic N) is 2. The monoisotopic (exact) mass is 301 g/mol. The smallest absolute Gasteiger partial charge is 0.261 e. The molecule has 0 aromatic carbocycles. The minimum Gasteiger partial charge on any atom is -0.351 e. The molecular formula is C9H8BrN3O2S. The fourth-order valence-corrected chi connectivity index (χ4v) is 2.41. The third-order valence-electron chi connectivity index (χ3n) is 1.83. The third-order valence-corrected chi connectivity index (χ3v) is 3.45. The molecule has 2 aromatic heterocycles. The number of carbonyl (C=O) groups excluding carboxylic acids is 1. The molecule has 0 spiro atoms. The number of thiophene rings is 1. The standard InChI is InChI=1S/C9H8BrN3O2S/c10-7-2-1-6(16-7)9(14)11-4-3-8-12-5-13-15-8/h1-2,5H,3-4H2,(H,11,14). The van der Waals surface area contributed by atoms with Crippen molar-refractivity contribution < 1.29 is 9.32 Å². The summed E-state index contributed by atoms with van der Waals surface area (Å²) in [7, 11) is 0. The summed E-state index contributed by atoms with van der Waals surface area (Å²) in [5.41, 5.74) is 0. The van der Waals surface area contributed by atoms with Crippen molar-refractivity contribution in [2.75, 3.05) is 6.54 Å². The summed E-state index contributed by atoms with van der Waals surface area (Å²) >= 11 is 4.70. The zero-order valence-corrected chi connectivity index (χ0v) is 10.5. The molecule has 84 valence electrons. The Labute approximate surface area is 104 Å². The summed E-state index contributed by atoms with van der Waals surface area (Å²) in [5, 5.41) is 6.25. The first-order valence-corrected chi connectivity index (χ1v) is 6.16. The Bertz CT molecular complexity index is 469. The van der Waals surface area contributed by atoms with E-state index in [2.05, 4.69) is 31.4 Å². The first-order chi connectivity index (χ1) is 7.75. The van der Waals surface area contributed by atoms with Crippen LogP contribution in [0.5, 0.6) is 0 Å². The largest absolute Gasteiger partial charge is 0.351 e. The number of halogens is 1. The zero-order valence-electron chi connectivity index (χ0n) is 8.14. The lowest BCUT2D eigenvalue weighted by atomic mass is 10.4. The van der Waals surface area contributed by atoms with Crippen LogP contribution >= 0.6 is 27.3 Å². The van der Waals surface area contributed by atoms with Gasteiger partial charge in [0.05, 0.1) is 8.66 Å². The van der Waals surface area contributed by atoms with Gasteiger partial charge in [-0.1, -0.05) is 5.16 Å². The van der Waals surface area contributed by atoms with Crippen LogP contribution in [0.25, 0.3) is 0 Å². The highest BCUT2D eigenvalue weighted by atomic mass is 79.9. The van der Waals surface area contributed by atoms with E-state index in [1.807, 2.05) is 6.07 Å². The normalized spacial score (nSPS) is 10.3. The lowest BCUT2D eigenvalue weighted by Gasteiger charge is -2.00. The Morgan fingerprint density at radius 3 is 3.06 bits per heavy atom. The maximum absolute atomic E-state index is 11.6. The van der Waals surface area contributed by atoms with Crippen LogP contribution in [-0.4, -0.2) is 22.6 Å². The molecule has 0 radical (unpaired) electrons. The minimum absolute atomic E-state index is 0.0878. The molecule has 1 amide bonds. The molecule has 0 unspecified atom stereocenters. The SMILES string of the molecule is O=C(NCCc1ncno1)c1ccc(Br)s1. The van der Waals surface area contributed by atoms with Crippen LogP contribution in [0.4, 0.5) is 0 Å². The molecule has 2 aromatic rings. The molecule has 2 rings (SSSR count). The van der Waals surface area contributed by atoms with E-state index >= 15 is 0 Å². The van der Waals surface area contributed by atoms with Crippen molar-refractivity contribution >= 4 is 33.2 Å². The van der Waals surface area contributed by atoms with E-state index in [0.29, 0.717) is 23.7 Å². The molecule has 1 N–H and O–H groups in total. The average Bonchev–Trinajstić information content (AvgIpc) is 2.89. The number of hydrogen-bond acceptors (Lipinski definition) is 5. The van der Waals surface area contributed by atoms with Crippen LogP contribution < -0.4 is 5.32 Å². The Morgan fingerprint density at radius 2 is 2.44 bits per heavy atom. The molecule has 0 saturated carbocycles. The van der Waals surface area contributed by atoms with E-state index in [4.69, 9.17) is 4.52 Å². The Balaban J connectivity index is 1.80. The van der Waals surface area contributed by atoms with Crippen LogP contribution in [0.3, 0.4) is 0 Å². The average molecular weight is 302 g/mol. The van der Waals surface area contributed by atoms with Gasteiger partial charge in [0.25, 0.3) is 5.91 Å². The van der Waals surface area contributed by atoms with Gasteiger partial charge in [-0.3, -0.25) is 4.79 Å². The number of rotatable bonds is 4. The third kappa shape index (κ3) is 2.89. The van der Waals surface area contributed by atoms with Crippen LogP contribution in [0.15, 0.2) is 26.8 Å². The zero-order chi connectivity index (χ0) is 11.4. The predicted molar refractivity (Wildman–Crippen MR) is 62.4 cm³/mol. The molecule has 16 heavy (non-hydrogen) atoms. The molecule has 0 bridgehead atoms. The van der Waals surface area contributed by atoms with Gasteiger partial charge < -0.3 is 9.84 Å². The number of nitrogens with one attached hydrogen (secondary N) is 1. The topological polar surface area (TPSA) is 68.0 Å².